The third-order valence-corrected chi connectivity index (χ3v) is 8.04. The maximum Gasteiger partial charge on any atom is 0.410 e. The summed E-state index contributed by atoms with van der Waals surface area (Å²) in [7, 11) is 3.81. The van der Waals surface area contributed by atoms with Gasteiger partial charge in [-0.3, -0.25) is 0 Å². The fraction of sp³-hybridized carbons (Fsp3) is 0.600. The van der Waals surface area contributed by atoms with Gasteiger partial charge in [-0.15, -0.1) is 22.7 Å². The summed E-state index contributed by atoms with van der Waals surface area (Å²) in [6.45, 7) is 6.89. The van der Waals surface area contributed by atoms with Crippen LogP contribution in [0.2, 0.25) is 0 Å². The summed E-state index contributed by atoms with van der Waals surface area (Å²) in [4.78, 5) is 30.3. The summed E-state index contributed by atoms with van der Waals surface area (Å²) in [6.07, 6.45) is 2.73. The van der Waals surface area contributed by atoms with Gasteiger partial charge in [0.2, 0.25) is 5.60 Å². The van der Waals surface area contributed by atoms with Crippen LogP contribution < -0.4 is 0 Å². The van der Waals surface area contributed by atoms with E-state index in [0.717, 1.165) is 32.2 Å². The molecule has 1 aliphatic rings. The number of rotatable bonds is 8. The zero-order valence-corrected chi connectivity index (χ0v) is 22.3. The van der Waals surface area contributed by atoms with Crippen LogP contribution in [0, 0.1) is 0 Å². The van der Waals surface area contributed by atoms with Crippen LogP contribution in [0.3, 0.4) is 0 Å². The number of carbonyl (C=O) groups is 2. The molecular formula is C25H36N2O5S2. The number of likely N-dealkylation sites (N-methyl/N-ethyl adjacent to an activating group) is 2. The highest BCUT2D eigenvalue weighted by Crippen LogP contribution is 2.38. The Bertz CT molecular complexity index is 882. The second kappa shape index (κ2) is 11.2. The number of amides is 1. The zero-order chi connectivity index (χ0) is 24.9. The largest absolute Gasteiger partial charge is 0.460 e. The van der Waals surface area contributed by atoms with Gasteiger partial charge >= 0.3 is 12.1 Å². The van der Waals surface area contributed by atoms with Crippen LogP contribution in [0.1, 0.15) is 56.2 Å². The van der Waals surface area contributed by atoms with E-state index >= 15 is 0 Å². The van der Waals surface area contributed by atoms with Gasteiger partial charge in [-0.2, -0.15) is 0 Å². The van der Waals surface area contributed by atoms with E-state index in [9.17, 15) is 14.7 Å². The van der Waals surface area contributed by atoms with Crippen LogP contribution in [0.5, 0.6) is 0 Å². The lowest BCUT2D eigenvalue weighted by atomic mass is 9.91. The SMILES string of the molecule is CN(CCN(C)[C@H]1CC[C@H](OC(=O)C(O)(c2cccs2)c2cccs2)CC1)C(=O)OC(C)(C)C. The van der Waals surface area contributed by atoms with Crippen molar-refractivity contribution in [2.24, 2.45) is 0 Å². The molecule has 9 heteroatoms. The van der Waals surface area contributed by atoms with Gasteiger partial charge in [0.15, 0.2) is 0 Å². The third-order valence-electron chi connectivity index (χ3n) is 6.09. The Hall–Kier alpha value is -1.94. The lowest BCUT2D eigenvalue weighted by Crippen LogP contribution is -2.44. The van der Waals surface area contributed by atoms with E-state index in [4.69, 9.17) is 9.47 Å². The molecule has 1 saturated carbocycles. The van der Waals surface area contributed by atoms with E-state index in [0.29, 0.717) is 22.3 Å². The second-order valence-electron chi connectivity index (χ2n) is 9.88. The lowest BCUT2D eigenvalue weighted by Gasteiger charge is -2.36. The molecule has 0 aliphatic heterocycles. The van der Waals surface area contributed by atoms with Crippen LogP contribution in [0.4, 0.5) is 4.79 Å². The topological polar surface area (TPSA) is 79.3 Å². The molecule has 3 rings (SSSR count). The summed E-state index contributed by atoms with van der Waals surface area (Å²) in [5, 5.41) is 15.1. The highest BCUT2D eigenvalue weighted by molar-refractivity contribution is 7.12. The number of hydrogen-bond acceptors (Lipinski definition) is 8. The maximum absolute atomic E-state index is 13.2. The quantitative estimate of drug-likeness (QED) is 0.521. The van der Waals surface area contributed by atoms with Crippen molar-refractivity contribution in [2.75, 3.05) is 27.2 Å². The van der Waals surface area contributed by atoms with Gasteiger partial charge in [-0.05, 0) is 76.4 Å². The van der Waals surface area contributed by atoms with Crippen LogP contribution in [-0.2, 0) is 19.9 Å². The molecular weight excluding hydrogens is 472 g/mol. The lowest BCUT2D eigenvalue weighted by molar-refractivity contribution is -0.169. The molecule has 0 aromatic carbocycles. The standard InChI is InChI=1S/C25H36N2O5S2/c1-24(2,3)32-23(29)27(5)15-14-26(4)18-10-12-19(13-11-18)31-22(28)25(30,20-8-6-16-33-20)21-9-7-17-34-21/h6-9,16-19,30H,10-15H2,1-5H3/t18-,19-. The van der Waals surface area contributed by atoms with E-state index in [1.807, 2.05) is 43.7 Å². The van der Waals surface area contributed by atoms with Gasteiger partial charge in [0.05, 0.1) is 9.75 Å². The van der Waals surface area contributed by atoms with Gasteiger partial charge in [0, 0.05) is 26.2 Å². The Morgan fingerprint density at radius 2 is 1.56 bits per heavy atom. The molecule has 188 valence electrons. The molecule has 2 heterocycles. The minimum Gasteiger partial charge on any atom is -0.460 e. The summed E-state index contributed by atoms with van der Waals surface area (Å²) in [6, 6.07) is 7.55. The zero-order valence-electron chi connectivity index (χ0n) is 20.7. The normalized spacial score (nSPS) is 19.1. The van der Waals surface area contributed by atoms with E-state index in [1.54, 1.807) is 24.1 Å². The van der Waals surface area contributed by atoms with E-state index in [-0.39, 0.29) is 12.2 Å². The molecule has 1 fully saturated rings. The smallest absolute Gasteiger partial charge is 0.410 e. The van der Waals surface area contributed by atoms with E-state index < -0.39 is 17.2 Å². The van der Waals surface area contributed by atoms with Crippen molar-refractivity contribution in [1.82, 2.24) is 9.80 Å². The Balaban J connectivity index is 1.50. The molecule has 0 radical (unpaired) electrons. The molecule has 0 spiro atoms. The van der Waals surface area contributed by atoms with Crippen molar-refractivity contribution < 1.29 is 24.2 Å². The average molecular weight is 509 g/mol. The van der Waals surface area contributed by atoms with E-state index in [2.05, 4.69) is 11.9 Å². The first kappa shape index (κ1) is 26.7. The van der Waals surface area contributed by atoms with Crippen molar-refractivity contribution in [3.8, 4) is 0 Å². The Labute approximate surface area is 210 Å². The fourth-order valence-corrected chi connectivity index (χ4v) is 5.77. The molecule has 0 unspecified atom stereocenters. The second-order valence-corrected chi connectivity index (χ2v) is 11.8. The van der Waals surface area contributed by atoms with E-state index in [1.165, 1.54) is 22.7 Å². The van der Waals surface area contributed by atoms with Gasteiger partial charge < -0.3 is 24.4 Å². The predicted octanol–water partition coefficient (Wildman–Crippen LogP) is 4.70. The summed E-state index contributed by atoms with van der Waals surface area (Å²) < 4.78 is 11.3. The van der Waals surface area contributed by atoms with Crippen molar-refractivity contribution in [1.29, 1.82) is 0 Å². The van der Waals surface area contributed by atoms with Gasteiger partial charge in [-0.25, -0.2) is 9.59 Å². The third kappa shape index (κ3) is 6.59. The Morgan fingerprint density at radius 3 is 2.03 bits per heavy atom. The molecule has 1 aliphatic carbocycles. The molecule has 1 N–H and O–H groups in total. The Kier molecular flexibility index (Phi) is 8.78. The van der Waals surface area contributed by atoms with Gasteiger partial charge in [0.1, 0.15) is 11.7 Å². The summed E-state index contributed by atoms with van der Waals surface area (Å²) >= 11 is 2.70. The fourth-order valence-electron chi connectivity index (χ4n) is 4.05. The number of aliphatic hydroxyl groups is 1. The van der Waals surface area contributed by atoms with Crippen molar-refractivity contribution in [3.05, 3.63) is 44.8 Å². The number of thiophene rings is 2. The maximum atomic E-state index is 13.2. The van der Waals surface area contributed by atoms with Gasteiger partial charge in [0.25, 0.3) is 0 Å². The number of ether oxygens (including phenoxy) is 2. The summed E-state index contributed by atoms with van der Waals surface area (Å²) in [5.74, 6) is -0.604. The first-order chi connectivity index (χ1) is 16.0. The van der Waals surface area contributed by atoms with Crippen molar-refractivity contribution in [3.63, 3.8) is 0 Å². The molecule has 0 bridgehead atoms. The number of carbonyl (C=O) groups excluding carboxylic acids is 2. The molecule has 1 amide bonds. The van der Waals surface area contributed by atoms with Crippen molar-refractivity contribution in [2.45, 2.75) is 69.8 Å². The first-order valence-electron chi connectivity index (χ1n) is 11.7. The van der Waals surface area contributed by atoms with Crippen molar-refractivity contribution >= 4 is 34.7 Å². The number of nitrogens with zero attached hydrogens (tertiary/aromatic N) is 2. The van der Waals surface area contributed by atoms with Gasteiger partial charge in [-0.1, -0.05) is 12.1 Å². The first-order valence-corrected chi connectivity index (χ1v) is 13.4. The average Bonchev–Trinajstić information content (AvgIpc) is 3.51. The highest BCUT2D eigenvalue weighted by Gasteiger charge is 2.45. The Morgan fingerprint density at radius 1 is 1.00 bits per heavy atom. The highest BCUT2D eigenvalue weighted by atomic mass is 32.1. The predicted molar refractivity (Wildman–Crippen MR) is 135 cm³/mol. The number of esters is 1. The minimum absolute atomic E-state index is 0.215. The summed E-state index contributed by atoms with van der Waals surface area (Å²) in [5.41, 5.74) is -2.27. The minimum atomic E-state index is -1.76. The van der Waals surface area contributed by atoms with Crippen LogP contribution in [-0.4, -0.2) is 71.9 Å². The van der Waals surface area contributed by atoms with Crippen LogP contribution >= 0.6 is 22.7 Å². The van der Waals surface area contributed by atoms with Crippen LogP contribution in [0.15, 0.2) is 35.0 Å². The molecule has 34 heavy (non-hydrogen) atoms. The molecule has 7 nitrogen and oxygen atoms in total. The monoisotopic (exact) mass is 508 g/mol. The molecule has 0 atom stereocenters. The molecule has 0 saturated heterocycles. The number of hydrogen-bond donors (Lipinski definition) is 1. The molecule has 2 aromatic heterocycles. The molecule has 2 aromatic rings. The van der Waals surface area contributed by atoms with Crippen LogP contribution in [0.25, 0.3) is 0 Å².